The van der Waals surface area contributed by atoms with Crippen LogP contribution in [0.3, 0.4) is 0 Å². The Bertz CT molecular complexity index is 943. The number of likely N-dealkylation sites (tertiary alicyclic amines) is 1. The van der Waals surface area contributed by atoms with Crippen LogP contribution in [0.4, 0.5) is 0 Å². The lowest BCUT2D eigenvalue weighted by atomic mass is 9.92. The Labute approximate surface area is 202 Å². The number of rotatable bonds is 8. The normalized spacial score (nSPS) is 27.1. The summed E-state index contributed by atoms with van der Waals surface area (Å²) in [5.41, 5.74) is 0. The van der Waals surface area contributed by atoms with Crippen LogP contribution in [0, 0.1) is 17.8 Å². The summed E-state index contributed by atoms with van der Waals surface area (Å²) < 4.78 is 5.60. The minimum atomic E-state index is -0.770. The number of fused-ring (bicyclic) bond motifs is 1. The molecule has 33 heavy (non-hydrogen) atoms. The number of hydrogen-bond donors (Lipinski definition) is 2. The van der Waals surface area contributed by atoms with Gasteiger partial charge >= 0.3 is 0 Å². The predicted octanol–water partition coefficient (Wildman–Crippen LogP) is 2.21. The second kappa shape index (κ2) is 10.3. The summed E-state index contributed by atoms with van der Waals surface area (Å²) in [4.78, 5) is 51.4. The highest BCUT2D eigenvalue weighted by Gasteiger charge is 2.49. The maximum atomic E-state index is 13.3. The second-order valence-electron chi connectivity index (χ2n) is 8.97. The average Bonchev–Trinajstić information content (AvgIpc) is 3.48. The first kappa shape index (κ1) is 23.8. The summed E-state index contributed by atoms with van der Waals surface area (Å²) in [6.07, 6.45) is 4.39. The first-order valence-electron chi connectivity index (χ1n) is 11.3. The highest BCUT2D eigenvalue weighted by molar-refractivity contribution is 6.35. The topological polar surface area (TPSA) is 105 Å². The zero-order valence-electron chi connectivity index (χ0n) is 18.1. The summed E-state index contributed by atoms with van der Waals surface area (Å²) >= 11 is 12.0. The van der Waals surface area contributed by atoms with E-state index in [0.29, 0.717) is 41.6 Å². The molecule has 1 aromatic carbocycles. The van der Waals surface area contributed by atoms with E-state index in [1.54, 1.807) is 17.0 Å². The van der Waals surface area contributed by atoms with Crippen molar-refractivity contribution in [1.29, 1.82) is 0 Å². The van der Waals surface area contributed by atoms with Crippen LogP contribution >= 0.6 is 23.2 Å². The number of carbonyl (C=O) groups is 4. The molecule has 0 spiro atoms. The highest BCUT2D eigenvalue weighted by atomic mass is 35.5. The van der Waals surface area contributed by atoms with Crippen molar-refractivity contribution in [1.82, 2.24) is 15.5 Å². The van der Waals surface area contributed by atoms with Crippen molar-refractivity contribution >= 4 is 47.2 Å². The van der Waals surface area contributed by atoms with Crippen molar-refractivity contribution in [2.75, 3.05) is 19.7 Å². The molecule has 2 aliphatic heterocycles. The highest BCUT2D eigenvalue weighted by Crippen LogP contribution is 2.42. The lowest BCUT2D eigenvalue weighted by Gasteiger charge is -2.28. The lowest BCUT2D eigenvalue weighted by Crippen LogP contribution is -2.52. The zero-order valence-corrected chi connectivity index (χ0v) is 19.6. The SMILES string of the molecule is O=C[C@H](C[C@@H]1CCNC1=O)NC(=O)[C@@H]1[C@H]2CCC[C@H]2CN1C(=O)COc1ccc(Cl)cc1Cl. The molecule has 178 valence electrons. The van der Waals surface area contributed by atoms with E-state index < -0.39 is 12.1 Å². The Hall–Kier alpha value is -2.32. The van der Waals surface area contributed by atoms with E-state index in [0.717, 1.165) is 19.3 Å². The van der Waals surface area contributed by atoms with Crippen LogP contribution < -0.4 is 15.4 Å². The van der Waals surface area contributed by atoms with E-state index >= 15 is 0 Å². The molecule has 3 fully saturated rings. The van der Waals surface area contributed by atoms with Gasteiger partial charge in [0.1, 0.15) is 18.1 Å². The van der Waals surface area contributed by atoms with Gasteiger partial charge in [-0.1, -0.05) is 29.6 Å². The third-order valence-electron chi connectivity index (χ3n) is 6.92. The van der Waals surface area contributed by atoms with Crippen LogP contribution in [0.2, 0.25) is 10.0 Å². The summed E-state index contributed by atoms with van der Waals surface area (Å²) in [7, 11) is 0. The van der Waals surface area contributed by atoms with Crippen LogP contribution in [0.1, 0.15) is 32.1 Å². The third-order valence-corrected chi connectivity index (χ3v) is 7.45. The number of amides is 3. The maximum absolute atomic E-state index is 13.3. The van der Waals surface area contributed by atoms with Crippen LogP contribution in [-0.4, -0.2) is 60.7 Å². The number of nitrogens with zero attached hydrogens (tertiary/aromatic N) is 1. The number of hydrogen-bond acceptors (Lipinski definition) is 5. The fourth-order valence-electron chi connectivity index (χ4n) is 5.31. The molecule has 1 saturated carbocycles. The number of halogens is 2. The predicted molar refractivity (Wildman–Crippen MR) is 122 cm³/mol. The lowest BCUT2D eigenvalue weighted by molar-refractivity contribution is -0.141. The van der Waals surface area contributed by atoms with Crippen molar-refractivity contribution in [3.63, 3.8) is 0 Å². The Balaban J connectivity index is 1.42. The smallest absolute Gasteiger partial charge is 0.261 e. The molecule has 1 aromatic rings. The molecular formula is C23H27Cl2N3O5. The van der Waals surface area contributed by atoms with E-state index in [1.807, 2.05) is 0 Å². The molecule has 10 heteroatoms. The van der Waals surface area contributed by atoms with Crippen molar-refractivity contribution in [2.24, 2.45) is 17.8 Å². The molecule has 2 saturated heterocycles. The van der Waals surface area contributed by atoms with Crippen LogP contribution in [0.15, 0.2) is 18.2 Å². The van der Waals surface area contributed by atoms with E-state index in [9.17, 15) is 19.2 Å². The summed E-state index contributed by atoms with van der Waals surface area (Å²) in [5.74, 6) is -0.410. The molecule has 3 amide bonds. The van der Waals surface area contributed by atoms with E-state index in [4.69, 9.17) is 27.9 Å². The molecule has 3 aliphatic rings. The molecule has 0 aromatic heterocycles. The quantitative estimate of drug-likeness (QED) is 0.537. The summed E-state index contributed by atoms with van der Waals surface area (Å²) in [6, 6.07) is 3.31. The molecule has 2 heterocycles. The van der Waals surface area contributed by atoms with Gasteiger partial charge in [-0.05, 0) is 55.7 Å². The number of ether oxygens (including phenoxy) is 1. The van der Waals surface area contributed by atoms with Gasteiger partial charge < -0.3 is 25.1 Å². The average molecular weight is 496 g/mol. The van der Waals surface area contributed by atoms with E-state index in [-0.39, 0.29) is 48.5 Å². The Morgan fingerprint density at radius 3 is 2.79 bits per heavy atom. The monoisotopic (exact) mass is 495 g/mol. The molecule has 4 rings (SSSR count). The molecular weight excluding hydrogens is 469 g/mol. The number of benzene rings is 1. The van der Waals surface area contributed by atoms with Gasteiger partial charge in [0.2, 0.25) is 11.8 Å². The van der Waals surface area contributed by atoms with Crippen molar-refractivity contribution in [3.8, 4) is 5.75 Å². The van der Waals surface area contributed by atoms with Crippen molar-refractivity contribution in [3.05, 3.63) is 28.2 Å². The third kappa shape index (κ3) is 5.27. The van der Waals surface area contributed by atoms with Gasteiger partial charge in [0, 0.05) is 24.0 Å². The molecule has 0 bridgehead atoms. The van der Waals surface area contributed by atoms with Crippen molar-refractivity contribution < 1.29 is 23.9 Å². The summed E-state index contributed by atoms with van der Waals surface area (Å²) in [5, 5.41) is 6.29. The maximum Gasteiger partial charge on any atom is 0.261 e. The first-order valence-corrected chi connectivity index (χ1v) is 12.0. The van der Waals surface area contributed by atoms with Crippen LogP contribution in [-0.2, 0) is 19.2 Å². The molecule has 1 aliphatic carbocycles. The fourth-order valence-corrected chi connectivity index (χ4v) is 5.77. The largest absolute Gasteiger partial charge is 0.482 e. The number of aldehydes is 1. The molecule has 2 N–H and O–H groups in total. The Morgan fingerprint density at radius 1 is 1.27 bits per heavy atom. The molecule has 0 radical (unpaired) electrons. The van der Waals surface area contributed by atoms with Gasteiger partial charge in [-0.25, -0.2) is 0 Å². The Morgan fingerprint density at radius 2 is 2.09 bits per heavy atom. The van der Waals surface area contributed by atoms with Crippen LogP contribution in [0.25, 0.3) is 0 Å². The van der Waals surface area contributed by atoms with Crippen molar-refractivity contribution in [2.45, 2.75) is 44.2 Å². The Kier molecular flexibility index (Phi) is 7.44. The molecule has 8 nitrogen and oxygen atoms in total. The summed E-state index contributed by atoms with van der Waals surface area (Å²) in [6.45, 7) is 0.801. The van der Waals surface area contributed by atoms with Gasteiger partial charge in [0.05, 0.1) is 11.1 Å². The number of carbonyl (C=O) groups excluding carboxylic acids is 4. The first-order chi connectivity index (χ1) is 15.9. The molecule has 5 atom stereocenters. The van der Waals surface area contributed by atoms with Gasteiger partial charge in [-0.2, -0.15) is 0 Å². The fraction of sp³-hybridized carbons (Fsp3) is 0.565. The van der Waals surface area contributed by atoms with Gasteiger partial charge in [0.25, 0.3) is 5.91 Å². The van der Waals surface area contributed by atoms with Crippen LogP contribution in [0.5, 0.6) is 5.75 Å². The minimum absolute atomic E-state index is 0.0511. The minimum Gasteiger partial charge on any atom is -0.482 e. The number of nitrogens with one attached hydrogen (secondary N) is 2. The molecule has 0 unspecified atom stereocenters. The van der Waals surface area contributed by atoms with Gasteiger partial charge in [0.15, 0.2) is 6.61 Å². The second-order valence-corrected chi connectivity index (χ2v) is 9.82. The van der Waals surface area contributed by atoms with Gasteiger partial charge in [-0.3, -0.25) is 14.4 Å². The standard InChI is InChI=1S/C23H27Cl2N3O5/c24-15-4-5-19(18(25)9-15)33-12-20(30)28-10-14-2-1-3-17(14)21(28)23(32)27-16(11-29)8-13-6-7-26-22(13)31/h4-5,9,11,13-14,16-17,21H,1-3,6-8,10,12H2,(H,26,31)(H,27,32)/t13-,14-,16-,17-,21-/m0/s1. The van der Waals surface area contributed by atoms with E-state index in [1.165, 1.54) is 6.07 Å². The van der Waals surface area contributed by atoms with Gasteiger partial charge in [-0.15, -0.1) is 0 Å². The van der Waals surface area contributed by atoms with E-state index in [2.05, 4.69) is 10.6 Å². The zero-order chi connectivity index (χ0) is 23.5.